The summed E-state index contributed by atoms with van der Waals surface area (Å²) in [7, 11) is 0. The van der Waals surface area contributed by atoms with Gasteiger partial charge in [0.15, 0.2) is 0 Å². The van der Waals surface area contributed by atoms with E-state index in [1.54, 1.807) is 12.1 Å². The number of aryl methyl sites for hydroxylation is 1. The highest BCUT2D eigenvalue weighted by Crippen LogP contribution is 2.05. The number of carbonyl (C=O) groups excluding carboxylic acids is 2. The fourth-order valence-corrected chi connectivity index (χ4v) is 3.29. The number of piperazine rings is 1. The first-order chi connectivity index (χ1) is 13.2. The lowest BCUT2D eigenvalue weighted by atomic mass is 10.2. The molecule has 2 aromatic rings. The minimum Gasteiger partial charge on any atom is -0.343 e. The summed E-state index contributed by atoms with van der Waals surface area (Å²) in [5.41, 5.74) is 0.570. The van der Waals surface area contributed by atoms with Gasteiger partial charge in [-0.1, -0.05) is 25.1 Å². The molecular formula is C20H27N5O2. The fourth-order valence-electron chi connectivity index (χ4n) is 3.29. The predicted octanol–water partition coefficient (Wildman–Crippen LogP) is 1.02. The highest BCUT2D eigenvalue weighted by Gasteiger charge is 2.21. The van der Waals surface area contributed by atoms with Gasteiger partial charge in [-0.25, -0.2) is 4.98 Å². The van der Waals surface area contributed by atoms with Gasteiger partial charge in [-0.2, -0.15) is 0 Å². The van der Waals surface area contributed by atoms with Gasteiger partial charge in [0, 0.05) is 63.6 Å². The molecule has 1 N–H and O–H groups in total. The van der Waals surface area contributed by atoms with Crippen molar-refractivity contribution in [3.63, 3.8) is 0 Å². The number of nitrogens with one attached hydrogen (secondary N) is 1. The van der Waals surface area contributed by atoms with Crippen molar-refractivity contribution in [1.29, 1.82) is 0 Å². The number of hydrogen-bond acceptors (Lipinski definition) is 4. The number of amides is 2. The van der Waals surface area contributed by atoms with Gasteiger partial charge in [0.25, 0.3) is 5.91 Å². The monoisotopic (exact) mass is 369 g/mol. The zero-order valence-corrected chi connectivity index (χ0v) is 15.8. The Balaban J connectivity index is 1.38. The van der Waals surface area contributed by atoms with Crippen molar-refractivity contribution >= 4 is 11.8 Å². The minimum atomic E-state index is -0.213. The van der Waals surface area contributed by atoms with Gasteiger partial charge in [-0.05, 0) is 12.1 Å². The Morgan fingerprint density at radius 2 is 1.81 bits per heavy atom. The average molecular weight is 369 g/mol. The van der Waals surface area contributed by atoms with Gasteiger partial charge in [-0.15, -0.1) is 0 Å². The van der Waals surface area contributed by atoms with Crippen LogP contribution in [0.3, 0.4) is 0 Å². The van der Waals surface area contributed by atoms with Crippen LogP contribution in [-0.2, 0) is 17.8 Å². The predicted molar refractivity (Wildman–Crippen MR) is 103 cm³/mol. The van der Waals surface area contributed by atoms with Crippen LogP contribution < -0.4 is 5.32 Å². The lowest BCUT2D eigenvalue weighted by molar-refractivity contribution is -0.131. The number of imidazole rings is 1. The van der Waals surface area contributed by atoms with E-state index < -0.39 is 0 Å². The largest absolute Gasteiger partial charge is 0.343 e. The van der Waals surface area contributed by atoms with Crippen LogP contribution in [0.4, 0.5) is 0 Å². The molecule has 1 aromatic heterocycles. The van der Waals surface area contributed by atoms with Crippen LogP contribution in [0.1, 0.15) is 23.1 Å². The van der Waals surface area contributed by atoms with Gasteiger partial charge in [0.2, 0.25) is 5.91 Å². The van der Waals surface area contributed by atoms with Gasteiger partial charge in [0.05, 0.1) is 6.54 Å². The Morgan fingerprint density at radius 3 is 2.52 bits per heavy atom. The van der Waals surface area contributed by atoms with Crippen LogP contribution in [0, 0.1) is 0 Å². The third kappa shape index (κ3) is 5.17. The molecule has 0 spiro atoms. The molecule has 2 heterocycles. The van der Waals surface area contributed by atoms with E-state index in [1.165, 1.54) is 0 Å². The van der Waals surface area contributed by atoms with Crippen LogP contribution >= 0.6 is 0 Å². The Kier molecular flexibility index (Phi) is 6.59. The van der Waals surface area contributed by atoms with E-state index >= 15 is 0 Å². The van der Waals surface area contributed by atoms with Crippen molar-refractivity contribution in [2.24, 2.45) is 0 Å². The average Bonchev–Trinajstić information content (AvgIpc) is 3.19. The van der Waals surface area contributed by atoms with Gasteiger partial charge < -0.3 is 14.8 Å². The molecule has 0 saturated carbocycles. The molecule has 0 radical (unpaired) electrons. The van der Waals surface area contributed by atoms with Crippen molar-refractivity contribution in [3.8, 4) is 0 Å². The van der Waals surface area contributed by atoms with Crippen molar-refractivity contribution < 1.29 is 9.59 Å². The van der Waals surface area contributed by atoms with E-state index in [1.807, 2.05) is 35.5 Å². The number of nitrogens with zero attached hydrogens (tertiary/aromatic N) is 4. The molecule has 1 saturated heterocycles. The van der Waals surface area contributed by atoms with Crippen LogP contribution in [0.5, 0.6) is 0 Å². The summed E-state index contributed by atoms with van der Waals surface area (Å²) >= 11 is 0. The molecule has 2 amide bonds. The number of hydrogen-bond donors (Lipinski definition) is 1. The third-order valence-corrected chi connectivity index (χ3v) is 4.94. The number of rotatable bonds is 7. The van der Waals surface area contributed by atoms with Crippen LogP contribution in [-0.4, -0.2) is 70.4 Å². The van der Waals surface area contributed by atoms with Crippen molar-refractivity contribution in [3.05, 3.63) is 54.1 Å². The van der Waals surface area contributed by atoms with Crippen molar-refractivity contribution in [2.45, 2.75) is 19.9 Å². The van der Waals surface area contributed by atoms with E-state index in [0.717, 1.165) is 38.4 Å². The van der Waals surface area contributed by atoms with Gasteiger partial charge in [-0.3, -0.25) is 14.5 Å². The summed E-state index contributed by atoms with van der Waals surface area (Å²) in [6.45, 7) is 7.14. The lowest BCUT2D eigenvalue weighted by Gasteiger charge is -2.34. The van der Waals surface area contributed by atoms with Gasteiger partial charge in [0.1, 0.15) is 5.82 Å². The molecule has 7 nitrogen and oxygen atoms in total. The first kappa shape index (κ1) is 19.1. The Hall–Kier alpha value is -2.67. The lowest BCUT2D eigenvalue weighted by Crippen LogP contribution is -2.51. The number of carbonyl (C=O) groups is 2. The summed E-state index contributed by atoms with van der Waals surface area (Å²) in [4.78, 5) is 32.9. The Morgan fingerprint density at radius 1 is 1.07 bits per heavy atom. The molecule has 0 atom stereocenters. The summed E-state index contributed by atoms with van der Waals surface area (Å²) in [5, 5.41) is 2.71. The minimum absolute atomic E-state index is 0.0261. The molecule has 7 heteroatoms. The quantitative estimate of drug-likeness (QED) is 0.791. The molecule has 3 rings (SSSR count). The summed E-state index contributed by atoms with van der Waals surface area (Å²) < 4.78 is 2.19. The Labute approximate surface area is 160 Å². The molecule has 1 aromatic carbocycles. The topological polar surface area (TPSA) is 70.5 Å². The van der Waals surface area contributed by atoms with Crippen molar-refractivity contribution in [1.82, 2.24) is 24.7 Å². The first-order valence-corrected chi connectivity index (χ1v) is 9.50. The summed E-state index contributed by atoms with van der Waals surface area (Å²) in [5.74, 6) is 0.870. The molecule has 27 heavy (non-hydrogen) atoms. The standard InChI is InChI=1S/C20H27N5O2/c1-2-18-21-8-9-24(18)13-10-23-11-14-25(15-12-23)19(26)16-22-20(27)17-6-4-3-5-7-17/h3-9H,2,10-16H2,1H3,(H,22,27). The van der Waals surface area contributed by atoms with Crippen molar-refractivity contribution in [2.75, 3.05) is 39.3 Å². The molecule has 1 aliphatic rings. The van der Waals surface area contributed by atoms with Crippen LogP contribution in [0.25, 0.3) is 0 Å². The second kappa shape index (κ2) is 9.32. The maximum absolute atomic E-state index is 12.3. The van der Waals surface area contributed by atoms with E-state index in [0.29, 0.717) is 18.7 Å². The molecule has 144 valence electrons. The maximum Gasteiger partial charge on any atom is 0.251 e. The first-order valence-electron chi connectivity index (χ1n) is 9.50. The molecule has 1 aliphatic heterocycles. The number of benzene rings is 1. The zero-order valence-electron chi connectivity index (χ0n) is 15.8. The second-order valence-electron chi connectivity index (χ2n) is 6.66. The normalized spacial score (nSPS) is 14.9. The molecule has 0 bridgehead atoms. The van der Waals surface area contributed by atoms with Crippen LogP contribution in [0.2, 0.25) is 0 Å². The van der Waals surface area contributed by atoms with Gasteiger partial charge >= 0.3 is 0 Å². The molecule has 0 aliphatic carbocycles. The molecular weight excluding hydrogens is 342 g/mol. The van der Waals surface area contributed by atoms with E-state index in [-0.39, 0.29) is 18.4 Å². The summed E-state index contributed by atoms with van der Waals surface area (Å²) in [6, 6.07) is 8.95. The van der Waals surface area contributed by atoms with E-state index in [4.69, 9.17) is 0 Å². The highest BCUT2D eigenvalue weighted by atomic mass is 16.2. The fraction of sp³-hybridized carbons (Fsp3) is 0.450. The number of aromatic nitrogens is 2. The third-order valence-electron chi connectivity index (χ3n) is 4.94. The highest BCUT2D eigenvalue weighted by molar-refractivity contribution is 5.96. The van der Waals surface area contributed by atoms with E-state index in [2.05, 4.69) is 26.7 Å². The second-order valence-corrected chi connectivity index (χ2v) is 6.66. The zero-order chi connectivity index (χ0) is 19.1. The van der Waals surface area contributed by atoms with E-state index in [9.17, 15) is 9.59 Å². The molecule has 0 unspecified atom stereocenters. The molecule has 1 fully saturated rings. The maximum atomic E-state index is 12.3. The smallest absolute Gasteiger partial charge is 0.251 e. The Bertz CT molecular complexity index is 751. The SMILES string of the molecule is CCc1nccn1CCN1CCN(C(=O)CNC(=O)c2ccccc2)CC1. The van der Waals surface area contributed by atoms with Crippen LogP contribution in [0.15, 0.2) is 42.7 Å². The summed E-state index contributed by atoms with van der Waals surface area (Å²) in [6.07, 6.45) is 4.80.